The van der Waals surface area contributed by atoms with Crippen LogP contribution in [0.2, 0.25) is 0 Å². The smallest absolute Gasteiger partial charge is 0.260 e. The molecule has 1 aromatic rings. The van der Waals surface area contributed by atoms with Crippen LogP contribution in [0.3, 0.4) is 0 Å². The third-order valence-electron chi connectivity index (χ3n) is 2.82. The van der Waals surface area contributed by atoms with Gasteiger partial charge in [-0.25, -0.2) is 4.39 Å². The molecule has 0 saturated heterocycles. The van der Waals surface area contributed by atoms with E-state index in [1.807, 2.05) is 13.8 Å². The fourth-order valence-electron chi connectivity index (χ4n) is 1.58. The minimum absolute atomic E-state index is 0.0667. The Morgan fingerprint density at radius 3 is 2.47 bits per heavy atom. The molecule has 0 saturated carbocycles. The van der Waals surface area contributed by atoms with E-state index in [2.05, 4.69) is 0 Å². The molecule has 2 N–H and O–H groups in total. The highest BCUT2D eigenvalue weighted by Gasteiger charge is 2.21. The van der Waals surface area contributed by atoms with Crippen molar-refractivity contribution in [3.05, 3.63) is 30.1 Å². The zero-order valence-corrected chi connectivity index (χ0v) is 11.6. The molecule has 0 unspecified atom stereocenters. The van der Waals surface area contributed by atoms with E-state index in [4.69, 9.17) is 10.5 Å². The molecule has 0 radical (unpaired) electrons. The van der Waals surface area contributed by atoms with Gasteiger partial charge in [-0.15, -0.1) is 0 Å². The van der Waals surface area contributed by atoms with Crippen LogP contribution in [0, 0.1) is 11.2 Å². The van der Waals surface area contributed by atoms with Crippen LogP contribution in [-0.4, -0.2) is 37.6 Å². The fraction of sp³-hybridized carbons (Fsp3) is 0.500. The summed E-state index contributed by atoms with van der Waals surface area (Å²) in [6.45, 7) is 5.00. The van der Waals surface area contributed by atoms with Gasteiger partial charge in [0.05, 0.1) is 0 Å². The van der Waals surface area contributed by atoms with Crippen molar-refractivity contribution in [1.29, 1.82) is 0 Å². The van der Waals surface area contributed by atoms with Gasteiger partial charge < -0.3 is 15.4 Å². The van der Waals surface area contributed by atoms with Gasteiger partial charge in [0.2, 0.25) is 0 Å². The molecule has 0 aliphatic rings. The number of amides is 1. The monoisotopic (exact) mass is 268 g/mol. The summed E-state index contributed by atoms with van der Waals surface area (Å²) < 4.78 is 18.0. The lowest BCUT2D eigenvalue weighted by Crippen LogP contribution is -2.41. The average Bonchev–Trinajstić information content (AvgIpc) is 2.37. The molecule has 0 aromatic heterocycles. The molecule has 1 amide bonds. The van der Waals surface area contributed by atoms with Crippen molar-refractivity contribution in [1.82, 2.24) is 4.90 Å². The Labute approximate surface area is 113 Å². The summed E-state index contributed by atoms with van der Waals surface area (Å²) in [4.78, 5) is 13.5. The largest absolute Gasteiger partial charge is 0.484 e. The second-order valence-electron chi connectivity index (χ2n) is 5.36. The van der Waals surface area contributed by atoms with E-state index < -0.39 is 0 Å². The first-order chi connectivity index (χ1) is 8.84. The Kier molecular flexibility index (Phi) is 5.30. The molecule has 0 aliphatic carbocycles. The van der Waals surface area contributed by atoms with Gasteiger partial charge >= 0.3 is 0 Å². The summed E-state index contributed by atoms with van der Waals surface area (Å²) >= 11 is 0. The Balaban J connectivity index is 2.44. The van der Waals surface area contributed by atoms with Gasteiger partial charge in [0.1, 0.15) is 11.6 Å². The Morgan fingerprint density at radius 1 is 1.37 bits per heavy atom. The number of carbonyl (C=O) groups excluding carboxylic acids is 1. The molecule has 1 aromatic carbocycles. The summed E-state index contributed by atoms with van der Waals surface area (Å²) in [5.74, 6) is 0.00701. The number of nitrogens with zero attached hydrogens (tertiary/aromatic N) is 1. The van der Waals surface area contributed by atoms with E-state index in [1.54, 1.807) is 11.9 Å². The van der Waals surface area contributed by atoms with Gasteiger partial charge in [-0.1, -0.05) is 13.8 Å². The number of likely N-dealkylation sites (N-methyl/N-ethyl adjacent to an activating group) is 1. The predicted octanol–water partition coefficient (Wildman–Crippen LogP) is 1.65. The van der Waals surface area contributed by atoms with E-state index >= 15 is 0 Å². The highest BCUT2D eigenvalue weighted by Crippen LogP contribution is 2.14. The van der Waals surface area contributed by atoms with Crippen LogP contribution < -0.4 is 10.5 Å². The second kappa shape index (κ2) is 6.52. The molecule has 4 nitrogen and oxygen atoms in total. The van der Waals surface area contributed by atoms with Gasteiger partial charge in [-0.05, 0) is 36.2 Å². The number of rotatable bonds is 6. The van der Waals surface area contributed by atoms with Crippen LogP contribution in [0.1, 0.15) is 13.8 Å². The molecule has 0 bridgehead atoms. The van der Waals surface area contributed by atoms with Crippen LogP contribution >= 0.6 is 0 Å². The van der Waals surface area contributed by atoms with Crippen molar-refractivity contribution in [2.45, 2.75) is 13.8 Å². The van der Waals surface area contributed by atoms with Crippen molar-refractivity contribution in [2.24, 2.45) is 11.1 Å². The number of nitrogens with two attached hydrogens (primary N) is 1. The Bertz CT molecular complexity index is 418. The SMILES string of the molecule is CN(CC(C)(C)CN)C(=O)COc1ccc(F)cc1. The first-order valence-corrected chi connectivity index (χ1v) is 6.16. The van der Waals surface area contributed by atoms with Gasteiger partial charge in [0.15, 0.2) is 6.61 Å². The van der Waals surface area contributed by atoms with E-state index in [0.717, 1.165) is 0 Å². The quantitative estimate of drug-likeness (QED) is 0.853. The molecule has 0 heterocycles. The van der Waals surface area contributed by atoms with Crippen LogP contribution in [0.15, 0.2) is 24.3 Å². The molecule has 0 fully saturated rings. The number of ether oxygens (including phenoxy) is 1. The maximum absolute atomic E-state index is 12.7. The normalized spacial score (nSPS) is 11.2. The Hall–Kier alpha value is -1.62. The lowest BCUT2D eigenvalue weighted by molar-refractivity contribution is -0.133. The third-order valence-corrected chi connectivity index (χ3v) is 2.82. The molecule has 0 spiro atoms. The summed E-state index contributed by atoms with van der Waals surface area (Å²) in [6, 6.07) is 5.57. The number of carbonyl (C=O) groups is 1. The van der Waals surface area contributed by atoms with Crippen LogP contribution in [0.5, 0.6) is 5.75 Å². The first-order valence-electron chi connectivity index (χ1n) is 6.16. The first kappa shape index (κ1) is 15.4. The van der Waals surface area contributed by atoms with Crippen molar-refractivity contribution < 1.29 is 13.9 Å². The maximum Gasteiger partial charge on any atom is 0.260 e. The summed E-state index contributed by atoms with van der Waals surface area (Å²) in [7, 11) is 1.72. The van der Waals surface area contributed by atoms with E-state index in [1.165, 1.54) is 24.3 Å². The van der Waals surface area contributed by atoms with E-state index in [9.17, 15) is 9.18 Å². The molecule has 5 heteroatoms. The van der Waals surface area contributed by atoms with Gasteiger partial charge in [-0.2, -0.15) is 0 Å². The third kappa shape index (κ3) is 5.26. The number of hydrogen-bond donors (Lipinski definition) is 1. The molecule has 1 rings (SSSR count). The van der Waals surface area contributed by atoms with Crippen LogP contribution in [0.4, 0.5) is 4.39 Å². The number of hydrogen-bond acceptors (Lipinski definition) is 3. The van der Waals surface area contributed by atoms with Gasteiger partial charge in [0, 0.05) is 13.6 Å². The highest BCUT2D eigenvalue weighted by molar-refractivity contribution is 5.77. The zero-order valence-electron chi connectivity index (χ0n) is 11.6. The van der Waals surface area contributed by atoms with Crippen molar-refractivity contribution in [2.75, 3.05) is 26.7 Å². The minimum atomic E-state index is -0.333. The van der Waals surface area contributed by atoms with E-state index in [0.29, 0.717) is 18.8 Å². The van der Waals surface area contributed by atoms with Gasteiger partial charge in [-0.3, -0.25) is 4.79 Å². The van der Waals surface area contributed by atoms with Gasteiger partial charge in [0.25, 0.3) is 5.91 Å². The standard InChI is InChI=1S/C14H21FN2O2/c1-14(2,9-16)10-17(3)13(18)8-19-12-6-4-11(15)5-7-12/h4-7H,8-10,16H2,1-3H3. The zero-order chi connectivity index (χ0) is 14.5. The topological polar surface area (TPSA) is 55.6 Å². The average molecular weight is 268 g/mol. The minimum Gasteiger partial charge on any atom is -0.484 e. The second-order valence-corrected chi connectivity index (χ2v) is 5.36. The summed E-state index contributed by atoms with van der Waals surface area (Å²) in [5.41, 5.74) is 5.50. The maximum atomic E-state index is 12.7. The molecule has 0 atom stereocenters. The number of halogens is 1. The number of benzene rings is 1. The molecule has 0 aliphatic heterocycles. The van der Waals surface area contributed by atoms with Crippen molar-refractivity contribution in [3.63, 3.8) is 0 Å². The molecule has 19 heavy (non-hydrogen) atoms. The lowest BCUT2D eigenvalue weighted by atomic mass is 9.93. The van der Waals surface area contributed by atoms with Crippen LogP contribution in [-0.2, 0) is 4.79 Å². The fourth-order valence-corrected chi connectivity index (χ4v) is 1.58. The highest BCUT2D eigenvalue weighted by atomic mass is 19.1. The molecular weight excluding hydrogens is 247 g/mol. The summed E-state index contributed by atoms with van der Waals surface area (Å²) in [5, 5.41) is 0. The predicted molar refractivity (Wildman–Crippen MR) is 72.4 cm³/mol. The Morgan fingerprint density at radius 2 is 1.95 bits per heavy atom. The van der Waals surface area contributed by atoms with Crippen molar-refractivity contribution >= 4 is 5.91 Å². The van der Waals surface area contributed by atoms with Crippen LogP contribution in [0.25, 0.3) is 0 Å². The molecular formula is C14H21FN2O2. The van der Waals surface area contributed by atoms with Crippen molar-refractivity contribution in [3.8, 4) is 5.75 Å². The molecule has 106 valence electrons. The van der Waals surface area contributed by atoms with E-state index in [-0.39, 0.29) is 23.7 Å². The lowest BCUT2D eigenvalue weighted by Gasteiger charge is -2.28. The summed E-state index contributed by atoms with van der Waals surface area (Å²) in [6.07, 6.45) is 0.